The molecule has 0 saturated carbocycles. The molecule has 1 amide bonds. The number of amides is 1. The maximum absolute atomic E-state index is 13.1. The summed E-state index contributed by atoms with van der Waals surface area (Å²) in [7, 11) is 0. The highest BCUT2D eigenvalue weighted by Gasteiger charge is 2.13. The van der Waals surface area contributed by atoms with Crippen LogP contribution in [0.5, 0.6) is 0 Å². The lowest BCUT2D eigenvalue weighted by Gasteiger charge is -2.10. The molecule has 4 nitrogen and oxygen atoms in total. The van der Waals surface area contributed by atoms with Crippen LogP contribution in [0.25, 0.3) is 0 Å². The molecule has 2 N–H and O–H groups in total. The van der Waals surface area contributed by atoms with Crippen molar-refractivity contribution < 1.29 is 9.18 Å². The van der Waals surface area contributed by atoms with Gasteiger partial charge in [0.25, 0.3) is 5.91 Å². The van der Waals surface area contributed by atoms with Crippen LogP contribution in [0, 0.1) is 5.82 Å². The van der Waals surface area contributed by atoms with Gasteiger partial charge in [0.2, 0.25) is 0 Å². The van der Waals surface area contributed by atoms with Crippen LogP contribution in [0.3, 0.4) is 0 Å². The first-order valence-electron chi connectivity index (χ1n) is 6.17. The van der Waals surface area contributed by atoms with E-state index in [1.807, 2.05) is 6.92 Å². The molecule has 0 aliphatic carbocycles. The van der Waals surface area contributed by atoms with Crippen molar-refractivity contribution in [2.75, 3.05) is 17.2 Å². The van der Waals surface area contributed by atoms with Crippen molar-refractivity contribution in [1.82, 2.24) is 4.98 Å². The van der Waals surface area contributed by atoms with Crippen molar-refractivity contribution in [2.45, 2.75) is 6.92 Å². The normalized spacial score (nSPS) is 10.3. The molecule has 0 fully saturated rings. The Morgan fingerprint density at radius 2 is 1.95 bits per heavy atom. The number of carbonyl (C=O) groups excluding carboxylic acids is 1. The summed E-state index contributed by atoms with van der Waals surface area (Å²) in [6.07, 6.45) is 1.43. The second-order valence-corrected chi connectivity index (χ2v) is 4.98. The molecule has 1 aromatic carbocycles. The van der Waals surface area contributed by atoms with Crippen LogP contribution in [0.2, 0.25) is 10.0 Å². The first-order chi connectivity index (χ1) is 10.0. The van der Waals surface area contributed by atoms with Crippen LogP contribution >= 0.6 is 23.2 Å². The fraction of sp³-hybridized carbons (Fsp3) is 0.143. The zero-order valence-electron chi connectivity index (χ0n) is 11.1. The predicted molar refractivity (Wildman–Crippen MR) is 82.8 cm³/mol. The number of nitrogens with one attached hydrogen (secondary N) is 2. The Morgan fingerprint density at radius 3 is 2.48 bits per heavy atom. The van der Waals surface area contributed by atoms with E-state index in [9.17, 15) is 9.18 Å². The number of hydrogen-bond acceptors (Lipinski definition) is 3. The molecule has 0 spiro atoms. The van der Waals surface area contributed by atoms with Crippen molar-refractivity contribution in [2.24, 2.45) is 0 Å². The molecule has 21 heavy (non-hydrogen) atoms. The first-order valence-corrected chi connectivity index (χ1v) is 6.92. The van der Waals surface area contributed by atoms with Gasteiger partial charge in [-0.15, -0.1) is 0 Å². The van der Waals surface area contributed by atoms with E-state index in [1.165, 1.54) is 6.20 Å². The summed E-state index contributed by atoms with van der Waals surface area (Å²) in [5.74, 6) is -0.326. The molecule has 0 aliphatic rings. The van der Waals surface area contributed by atoms with E-state index < -0.39 is 11.7 Å². The fourth-order valence-corrected chi connectivity index (χ4v) is 2.22. The van der Waals surface area contributed by atoms with Crippen molar-refractivity contribution in [3.8, 4) is 0 Å². The molecule has 0 saturated heterocycles. The topological polar surface area (TPSA) is 54.0 Å². The Morgan fingerprint density at radius 1 is 1.29 bits per heavy atom. The summed E-state index contributed by atoms with van der Waals surface area (Å²) in [5, 5.41) is 5.63. The Labute approximate surface area is 131 Å². The number of benzene rings is 1. The van der Waals surface area contributed by atoms with Crippen LogP contribution < -0.4 is 10.6 Å². The van der Waals surface area contributed by atoms with Crippen molar-refractivity contribution >= 4 is 40.6 Å². The van der Waals surface area contributed by atoms with E-state index in [2.05, 4.69) is 15.6 Å². The van der Waals surface area contributed by atoms with Crippen molar-refractivity contribution in [3.63, 3.8) is 0 Å². The molecule has 0 radical (unpaired) electrons. The average Bonchev–Trinajstić information content (AvgIpc) is 2.43. The molecule has 1 aromatic heterocycles. The van der Waals surface area contributed by atoms with Gasteiger partial charge in [0.15, 0.2) is 0 Å². The molecule has 7 heteroatoms. The summed E-state index contributed by atoms with van der Waals surface area (Å²) < 4.78 is 13.1. The number of anilines is 2. The van der Waals surface area contributed by atoms with E-state index >= 15 is 0 Å². The third-order valence-corrected chi connectivity index (χ3v) is 3.23. The lowest BCUT2D eigenvalue weighted by Crippen LogP contribution is -2.13. The van der Waals surface area contributed by atoms with Crippen LogP contribution in [0.4, 0.5) is 15.9 Å². The molecule has 110 valence electrons. The second kappa shape index (κ2) is 6.74. The fourth-order valence-electron chi connectivity index (χ4n) is 1.66. The van der Waals surface area contributed by atoms with Gasteiger partial charge in [0, 0.05) is 12.7 Å². The van der Waals surface area contributed by atoms with E-state index in [4.69, 9.17) is 23.2 Å². The number of rotatable bonds is 4. The van der Waals surface area contributed by atoms with E-state index in [0.717, 1.165) is 18.7 Å². The Bertz CT molecular complexity index is 639. The summed E-state index contributed by atoms with van der Waals surface area (Å²) in [5.41, 5.74) is 0.508. The zero-order valence-corrected chi connectivity index (χ0v) is 12.6. The van der Waals surface area contributed by atoms with Gasteiger partial charge in [0.05, 0.1) is 21.3 Å². The molecular weight excluding hydrogens is 316 g/mol. The van der Waals surface area contributed by atoms with E-state index in [-0.39, 0.29) is 15.7 Å². The number of aromatic nitrogens is 1. The predicted octanol–water partition coefficient (Wildman–Crippen LogP) is 4.21. The summed E-state index contributed by atoms with van der Waals surface area (Å²) in [6, 6.07) is 5.46. The van der Waals surface area contributed by atoms with Crippen molar-refractivity contribution in [3.05, 3.63) is 51.9 Å². The van der Waals surface area contributed by atoms with Crippen LogP contribution in [-0.2, 0) is 0 Å². The number of nitrogens with zero attached hydrogens (tertiary/aromatic N) is 1. The standard InChI is InChI=1S/C14H12Cl2FN3O/c1-2-18-12-4-3-8(7-19-12)14(21)20-13-10(15)5-9(17)6-11(13)16/h3-7H,2H2,1H3,(H,18,19)(H,20,21). The van der Waals surface area contributed by atoms with Crippen LogP contribution in [-0.4, -0.2) is 17.4 Å². The van der Waals surface area contributed by atoms with Gasteiger partial charge < -0.3 is 10.6 Å². The Kier molecular flexibility index (Phi) is 4.98. The third kappa shape index (κ3) is 3.83. The minimum absolute atomic E-state index is 0.0329. The second-order valence-electron chi connectivity index (χ2n) is 4.16. The molecular formula is C14H12Cl2FN3O. The number of pyridine rings is 1. The van der Waals surface area contributed by atoms with Gasteiger partial charge in [-0.1, -0.05) is 23.2 Å². The lowest BCUT2D eigenvalue weighted by atomic mass is 10.2. The molecule has 2 aromatic rings. The van der Waals surface area contributed by atoms with E-state index in [0.29, 0.717) is 11.4 Å². The molecule has 1 heterocycles. The largest absolute Gasteiger partial charge is 0.370 e. The number of halogens is 3. The van der Waals surface area contributed by atoms with E-state index in [1.54, 1.807) is 12.1 Å². The summed E-state index contributed by atoms with van der Waals surface area (Å²) >= 11 is 11.7. The minimum atomic E-state index is -0.570. The van der Waals surface area contributed by atoms with Gasteiger partial charge in [0.1, 0.15) is 11.6 Å². The van der Waals surface area contributed by atoms with Gasteiger partial charge in [-0.3, -0.25) is 4.79 Å². The van der Waals surface area contributed by atoms with Crippen LogP contribution in [0.15, 0.2) is 30.5 Å². The van der Waals surface area contributed by atoms with Gasteiger partial charge >= 0.3 is 0 Å². The highest BCUT2D eigenvalue weighted by Crippen LogP contribution is 2.31. The minimum Gasteiger partial charge on any atom is -0.370 e. The molecule has 0 bridgehead atoms. The molecule has 0 unspecified atom stereocenters. The Hall–Kier alpha value is -1.85. The zero-order chi connectivity index (χ0) is 15.4. The maximum atomic E-state index is 13.1. The number of hydrogen-bond donors (Lipinski definition) is 2. The lowest BCUT2D eigenvalue weighted by molar-refractivity contribution is 0.102. The van der Waals surface area contributed by atoms with Crippen molar-refractivity contribution in [1.29, 1.82) is 0 Å². The van der Waals surface area contributed by atoms with Gasteiger partial charge in [-0.25, -0.2) is 9.37 Å². The quantitative estimate of drug-likeness (QED) is 0.884. The Balaban J connectivity index is 2.18. The number of carbonyl (C=O) groups is 1. The first kappa shape index (κ1) is 15.5. The summed E-state index contributed by atoms with van der Waals surface area (Å²) in [6.45, 7) is 2.68. The monoisotopic (exact) mass is 327 g/mol. The van der Waals surface area contributed by atoms with Gasteiger partial charge in [-0.05, 0) is 31.2 Å². The highest BCUT2D eigenvalue weighted by atomic mass is 35.5. The van der Waals surface area contributed by atoms with Crippen LogP contribution in [0.1, 0.15) is 17.3 Å². The highest BCUT2D eigenvalue weighted by molar-refractivity contribution is 6.40. The molecule has 0 aliphatic heterocycles. The maximum Gasteiger partial charge on any atom is 0.257 e. The molecule has 0 atom stereocenters. The average molecular weight is 328 g/mol. The van der Waals surface area contributed by atoms with Gasteiger partial charge in [-0.2, -0.15) is 0 Å². The smallest absolute Gasteiger partial charge is 0.257 e. The summed E-state index contributed by atoms with van der Waals surface area (Å²) in [4.78, 5) is 16.2. The SMILES string of the molecule is CCNc1ccc(C(=O)Nc2c(Cl)cc(F)cc2Cl)cn1. The third-order valence-electron chi connectivity index (χ3n) is 2.63. The molecule has 2 rings (SSSR count).